The largest absolute Gasteiger partial charge is 0.359 e. The van der Waals surface area contributed by atoms with E-state index in [1.165, 1.54) is 0 Å². The number of azide groups is 1. The van der Waals surface area contributed by atoms with Gasteiger partial charge in [-0.3, -0.25) is 14.7 Å². The van der Waals surface area contributed by atoms with E-state index >= 15 is 0 Å². The number of aromatic nitrogens is 1. The van der Waals surface area contributed by atoms with Gasteiger partial charge in [-0.25, -0.2) is 4.79 Å². The number of carbonyl (C=O) groups is 2. The van der Waals surface area contributed by atoms with Crippen molar-refractivity contribution in [3.8, 4) is 0 Å². The van der Waals surface area contributed by atoms with Gasteiger partial charge in [0.2, 0.25) is 0 Å². The number of nitrogens with one attached hydrogen (secondary N) is 1. The summed E-state index contributed by atoms with van der Waals surface area (Å²) in [7, 11) is 0. The van der Waals surface area contributed by atoms with Crippen molar-refractivity contribution in [1.29, 1.82) is 0 Å². The van der Waals surface area contributed by atoms with Crippen LogP contribution in [0.2, 0.25) is 0 Å². The van der Waals surface area contributed by atoms with Crippen LogP contribution < -0.4 is 10.2 Å². The molecule has 10 heteroatoms. The zero-order valence-corrected chi connectivity index (χ0v) is 15.2. The fraction of sp³-hybridized carbons (Fsp3) is 0.562. The summed E-state index contributed by atoms with van der Waals surface area (Å²) in [5.74, 6) is 0.362. The van der Waals surface area contributed by atoms with Crippen molar-refractivity contribution in [2.45, 2.75) is 49.9 Å². The van der Waals surface area contributed by atoms with Crippen LogP contribution >= 0.6 is 11.8 Å². The lowest BCUT2D eigenvalue weighted by Crippen LogP contribution is -2.41. The molecule has 0 aliphatic carbocycles. The molecule has 0 saturated carbocycles. The molecular formula is C16H20N6O3S. The second-order valence-electron chi connectivity index (χ2n) is 6.28. The average molecular weight is 376 g/mol. The molecule has 1 N–H and O–H groups in total. The predicted molar refractivity (Wildman–Crippen MR) is 97.5 cm³/mol. The van der Waals surface area contributed by atoms with E-state index in [9.17, 15) is 9.59 Å². The van der Waals surface area contributed by atoms with Gasteiger partial charge in [-0.1, -0.05) is 6.42 Å². The number of hydrogen-bond acceptors (Lipinski definition) is 6. The summed E-state index contributed by atoms with van der Waals surface area (Å²) in [6.45, 7) is 1.91. The second-order valence-corrected chi connectivity index (χ2v) is 7.55. The molecule has 0 radical (unpaired) electrons. The Morgan fingerprint density at radius 2 is 2.42 bits per heavy atom. The number of unbranched alkanes of at least 4 members (excludes halogenated alkanes) is 1. The first-order valence-electron chi connectivity index (χ1n) is 8.49. The number of carbonyl (C=O) groups excluding carboxylic acids is 2. The molecule has 2 aliphatic rings. The first-order valence-corrected chi connectivity index (χ1v) is 9.54. The van der Waals surface area contributed by atoms with E-state index in [0.717, 1.165) is 30.0 Å². The molecule has 9 nitrogen and oxygen atoms in total. The number of anilines is 1. The van der Waals surface area contributed by atoms with E-state index in [1.807, 2.05) is 35.7 Å². The highest BCUT2D eigenvalue weighted by Gasteiger charge is 2.49. The van der Waals surface area contributed by atoms with Gasteiger partial charge in [0, 0.05) is 28.5 Å². The molecule has 138 valence electrons. The minimum absolute atomic E-state index is 0.0701. The number of rotatable bonds is 7. The fourth-order valence-electron chi connectivity index (χ4n) is 3.50. The molecule has 26 heavy (non-hydrogen) atoms. The highest BCUT2D eigenvalue weighted by molar-refractivity contribution is 8.00. The van der Waals surface area contributed by atoms with Gasteiger partial charge in [-0.05, 0) is 37.4 Å². The van der Waals surface area contributed by atoms with E-state index in [0.29, 0.717) is 11.7 Å². The smallest absolute Gasteiger partial charge is 0.322 e. The zero-order valence-electron chi connectivity index (χ0n) is 14.4. The molecule has 0 spiro atoms. The van der Waals surface area contributed by atoms with Gasteiger partial charge in [0.05, 0.1) is 23.5 Å². The van der Waals surface area contributed by atoms with Crippen LogP contribution in [0.1, 0.15) is 31.4 Å². The quantitative estimate of drug-likeness (QED) is 0.196. The van der Waals surface area contributed by atoms with Crippen LogP contribution in [0.25, 0.3) is 10.4 Å². The average Bonchev–Trinajstić information content (AvgIpc) is 3.16. The normalized spacial score (nSPS) is 24.0. The van der Waals surface area contributed by atoms with Gasteiger partial charge in [-0.2, -0.15) is 11.8 Å². The second kappa shape index (κ2) is 8.29. The predicted octanol–water partition coefficient (Wildman–Crippen LogP) is 3.10. The Hall–Kier alpha value is -2.45. The number of hydrogen-bond donors (Lipinski definition) is 1. The van der Waals surface area contributed by atoms with Crippen LogP contribution in [-0.4, -0.2) is 40.1 Å². The number of amides is 2. The van der Waals surface area contributed by atoms with Crippen LogP contribution in [0, 0.1) is 6.92 Å². The first-order chi connectivity index (χ1) is 12.6. The molecule has 0 unspecified atom stereocenters. The Bertz CT molecular complexity index is 738. The molecule has 1 aromatic rings. The third-order valence-electron chi connectivity index (χ3n) is 4.65. The van der Waals surface area contributed by atoms with E-state index in [2.05, 4.69) is 25.3 Å². The summed E-state index contributed by atoms with van der Waals surface area (Å²) in [6.07, 6.45) is 4.32. The Labute approximate surface area is 155 Å². The van der Waals surface area contributed by atoms with Crippen molar-refractivity contribution in [2.75, 3.05) is 10.7 Å². The van der Waals surface area contributed by atoms with E-state index < -0.39 is 5.97 Å². The third kappa shape index (κ3) is 3.86. The summed E-state index contributed by atoms with van der Waals surface area (Å²) in [5.41, 5.74) is 9.80. The van der Waals surface area contributed by atoms with Gasteiger partial charge < -0.3 is 10.2 Å². The topological polar surface area (TPSA) is 120 Å². The number of fused-ring (bicyclic) bond motifs is 1. The Balaban J connectivity index is 1.59. The van der Waals surface area contributed by atoms with Gasteiger partial charge in [0.1, 0.15) is 5.28 Å². The van der Waals surface area contributed by atoms with E-state index in [-0.39, 0.29) is 24.5 Å². The molecule has 2 amide bonds. The molecule has 2 fully saturated rings. The highest BCUT2D eigenvalue weighted by atomic mass is 32.2. The van der Waals surface area contributed by atoms with Crippen molar-refractivity contribution in [2.24, 2.45) is 5.28 Å². The number of aryl methyl sites for hydroxylation is 1. The lowest BCUT2D eigenvalue weighted by atomic mass is 10.0. The van der Waals surface area contributed by atoms with Crippen molar-refractivity contribution in [3.05, 3.63) is 34.5 Å². The Kier molecular flexibility index (Phi) is 5.85. The van der Waals surface area contributed by atoms with Crippen molar-refractivity contribution in [1.82, 2.24) is 10.3 Å². The molecule has 1 aromatic heterocycles. The number of urea groups is 1. The van der Waals surface area contributed by atoms with Gasteiger partial charge >= 0.3 is 12.0 Å². The molecule has 0 bridgehead atoms. The van der Waals surface area contributed by atoms with Crippen molar-refractivity contribution < 1.29 is 14.4 Å². The Morgan fingerprint density at radius 1 is 1.58 bits per heavy atom. The summed E-state index contributed by atoms with van der Waals surface area (Å²) < 4.78 is 0. The van der Waals surface area contributed by atoms with Gasteiger partial charge in [0.15, 0.2) is 0 Å². The van der Waals surface area contributed by atoms with Crippen LogP contribution in [0.15, 0.2) is 23.6 Å². The third-order valence-corrected chi connectivity index (χ3v) is 6.14. The maximum absolute atomic E-state index is 12.5. The van der Waals surface area contributed by atoms with Crippen LogP contribution in [0.3, 0.4) is 0 Å². The fourth-order valence-corrected chi connectivity index (χ4v) is 5.08. The van der Waals surface area contributed by atoms with Crippen molar-refractivity contribution in [3.63, 3.8) is 0 Å². The summed E-state index contributed by atoms with van der Waals surface area (Å²) in [5, 5.41) is 6.17. The maximum atomic E-state index is 12.5. The van der Waals surface area contributed by atoms with E-state index in [4.69, 9.17) is 5.53 Å². The lowest BCUT2D eigenvalue weighted by Gasteiger charge is -2.28. The number of nitrogens with zero attached hydrogens (tertiary/aromatic N) is 5. The Morgan fingerprint density at radius 3 is 3.19 bits per heavy atom. The minimum Gasteiger partial charge on any atom is -0.359 e. The summed E-state index contributed by atoms with van der Waals surface area (Å²) in [4.78, 5) is 36.7. The minimum atomic E-state index is -0.523. The highest BCUT2D eigenvalue weighted by Crippen LogP contribution is 2.40. The van der Waals surface area contributed by atoms with Crippen LogP contribution in [-0.2, 0) is 9.63 Å². The van der Waals surface area contributed by atoms with Crippen molar-refractivity contribution >= 4 is 29.4 Å². The van der Waals surface area contributed by atoms with Gasteiger partial charge in [-0.15, -0.1) is 0 Å². The zero-order chi connectivity index (χ0) is 18.5. The summed E-state index contributed by atoms with van der Waals surface area (Å²) in [6, 6.07) is 3.92. The number of thioether (sulfide) groups is 1. The van der Waals surface area contributed by atoms with Crippen LogP contribution in [0.5, 0.6) is 0 Å². The number of pyridine rings is 1. The molecule has 0 aromatic carbocycles. The molecular weight excluding hydrogens is 356 g/mol. The standard InChI is InChI=1S/C16H20N6O3S/c1-10-12(5-4-8-18-10)22-15-11(19-16(22)24)9-26-13(15)6-2-3-7-14(23)25-21-20-17/h4-5,8,11,13,15H,2-3,6-7,9H2,1H3,(H,19,24)/t11-,13-,15-/m1/s1. The molecule has 3 heterocycles. The first kappa shape index (κ1) is 18.3. The SMILES string of the molecule is Cc1ncccc1N1C(=O)N[C@@H]2CS[C@H](CCCCC(=O)ON=[N+]=[N-])[C@@H]21. The molecule has 2 saturated heterocycles. The van der Waals surface area contributed by atoms with Gasteiger partial charge in [0.25, 0.3) is 0 Å². The molecule has 2 aliphatic heterocycles. The monoisotopic (exact) mass is 376 g/mol. The maximum Gasteiger partial charge on any atom is 0.322 e. The lowest BCUT2D eigenvalue weighted by molar-refractivity contribution is -0.144. The summed E-state index contributed by atoms with van der Waals surface area (Å²) >= 11 is 1.85. The molecule has 3 rings (SSSR count). The molecule has 3 atom stereocenters. The van der Waals surface area contributed by atoms with E-state index in [1.54, 1.807) is 6.20 Å². The van der Waals surface area contributed by atoms with Crippen LogP contribution in [0.4, 0.5) is 10.5 Å².